The van der Waals surface area contributed by atoms with Gasteiger partial charge in [-0.25, -0.2) is 8.78 Å². The van der Waals surface area contributed by atoms with E-state index in [9.17, 15) is 13.6 Å². The smallest absolute Gasteiger partial charge is 0.185 e. The number of ketones is 1. The summed E-state index contributed by atoms with van der Waals surface area (Å²) >= 11 is 2.93. The van der Waals surface area contributed by atoms with Crippen molar-refractivity contribution in [1.82, 2.24) is 0 Å². The average molecular weight is 316 g/mol. The number of nitrogens with zero attached hydrogens (tertiary/aromatic N) is 1. The zero-order valence-electron chi connectivity index (χ0n) is 10.0. The quantitative estimate of drug-likeness (QED) is 0.785. The van der Waals surface area contributed by atoms with Crippen molar-refractivity contribution in [2.45, 2.75) is 20.3 Å². The summed E-state index contributed by atoms with van der Waals surface area (Å²) in [4.78, 5) is 11.9. The number of benzene rings is 1. The van der Waals surface area contributed by atoms with E-state index in [-0.39, 0.29) is 16.8 Å². The second-order valence-electron chi connectivity index (χ2n) is 4.42. The Morgan fingerprint density at radius 2 is 1.89 bits per heavy atom. The van der Waals surface area contributed by atoms with Crippen LogP contribution in [0.4, 0.5) is 8.78 Å². The molecule has 0 bridgehead atoms. The summed E-state index contributed by atoms with van der Waals surface area (Å²) in [5, 5.41) is 8.92. The Kier molecular flexibility index (Phi) is 4.97. The van der Waals surface area contributed by atoms with Crippen molar-refractivity contribution >= 4 is 21.7 Å². The highest BCUT2D eigenvalue weighted by Crippen LogP contribution is 2.24. The first-order valence-electron chi connectivity index (χ1n) is 5.45. The highest BCUT2D eigenvalue weighted by Gasteiger charge is 2.26. The van der Waals surface area contributed by atoms with E-state index in [0.717, 1.165) is 12.1 Å². The molecule has 2 nitrogen and oxygen atoms in total. The van der Waals surface area contributed by atoms with Gasteiger partial charge < -0.3 is 0 Å². The number of halogens is 3. The van der Waals surface area contributed by atoms with Gasteiger partial charge in [0.15, 0.2) is 5.78 Å². The molecule has 0 fully saturated rings. The van der Waals surface area contributed by atoms with Crippen molar-refractivity contribution in [3.63, 3.8) is 0 Å². The number of hydrogen-bond acceptors (Lipinski definition) is 2. The maximum atomic E-state index is 13.6. The minimum Gasteiger partial charge on any atom is -0.292 e. The standard InChI is InChI=1S/C13H12BrF2NO/c1-7(2)3-8(6-17)13(18)12-10(15)4-9(14)5-11(12)16/h4-5,7-8H,3H2,1-2H3. The van der Waals surface area contributed by atoms with Gasteiger partial charge in [0.05, 0.1) is 11.6 Å². The summed E-state index contributed by atoms with van der Waals surface area (Å²) in [5.74, 6) is -3.61. The number of nitriles is 1. The fraction of sp³-hybridized carbons (Fsp3) is 0.385. The van der Waals surface area contributed by atoms with Gasteiger partial charge in [0.2, 0.25) is 0 Å². The molecule has 0 amide bonds. The molecule has 96 valence electrons. The Morgan fingerprint density at radius 3 is 2.28 bits per heavy atom. The SMILES string of the molecule is CC(C)CC(C#N)C(=O)c1c(F)cc(Br)cc1F. The van der Waals surface area contributed by atoms with Gasteiger partial charge in [-0.15, -0.1) is 0 Å². The van der Waals surface area contributed by atoms with Crippen LogP contribution in [0.2, 0.25) is 0 Å². The first kappa shape index (κ1) is 14.8. The van der Waals surface area contributed by atoms with Gasteiger partial charge in [-0.2, -0.15) is 5.26 Å². The Bertz CT molecular complexity index is 485. The number of hydrogen-bond donors (Lipinski definition) is 0. The Labute approximate surface area is 113 Å². The molecule has 1 rings (SSSR count). The second-order valence-corrected chi connectivity index (χ2v) is 5.34. The average Bonchev–Trinajstić information content (AvgIpc) is 2.23. The maximum Gasteiger partial charge on any atom is 0.185 e. The fourth-order valence-corrected chi connectivity index (χ4v) is 2.04. The van der Waals surface area contributed by atoms with E-state index >= 15 is 0 Å². The lowest BCUT2D eigenvalue weighted by atomic mass is 9.90. The Hall–Kier alpha value is -1.28. The van der Waals surface area contributed by atoms with Crippen LogP contribution in [0.1, 0.15) is 30.6 Å². The van der Waals surface area contributed by atoms with E-state index in [2.05, 4.69) is 15.9 Å². The third-order valence-electron chi connectivity index (χ3n) is 2.43. The lowest BCUT2D eigenvalue weighted by molar-refractivity contribution is 0.0928. The van der Waals surface area contributed by atoms with E-state index in [4.69, 9.17) is 5.26 Å². The minimum atomic E-state index is -1.02. The van der Waals surface area contributed by atoms with Crippen molar-refractivity contribution in [3.05, 3.63) is 33.8 Å². The van der Waals surface area contributed by atoms with Crippen molar-refractivity contribution in [2.75, 3.05) is 0 Å². The van der Waals surface area contributed by atoms with Gasteiger partial charge >= 0.3 is 0 Å². The zero-order chi connectivity index (χ0) is 13.9. The van der Waals surface area contributed by atoms with Gasteiger partial charge in [0.25, 0.3) is 0 Å². The number of Topliss-reactive ketones (excluding diaryl/α,β-unsaturated/α-hetero) is 1. The summed E-state index contributed by atoms with van der Waals surface area (Å²) in [6.07, 6.45) is 0.282. The largest absolute Gasteiger partial charge is 0.292 e. The van der Waals surface area contributed by atoms with Crippen molar-refractivity contribution in [1.29, 1.82) is 5.26 Å². The Morgan fingerprint density at radius 1 is 1.39 bits per heavy atom. The summed E-state index contributed by atoms with van der Waals surface area (Å²) in [6, 6.07) is 3.83. The fourth-order valence-electron chi connectivity index (χ4n) is 1.64. The third kappa shape index (κ3) is 3.36. The van der Waals surface area contributed by atoms with Crippen molar-refractivity contribution < 1.29 is 13.6 Å². The molecular formula is C13H12BrF2NO. The minimum absolute atomic E-state index is 0.0974. The van der Waals surface area contributed by atoms with Crippen LogP contribution in [0.25, 0.3) is 0 Å². The van der Waals surface area contributed by atoms with Crippen LogP contribution in [-0.4, -0.2) is 5.78 Å². The first-order chi connectivity index (χ1) is 8.36. The van der Waals surface area contributed by atoms with E-state index in [1.54, 1.807) is 6.07 Å². The molecule has 0 aliphatic carbocycles. The van der Waals surface area contributed by atoms with Crippen LogP contribution < -0.4 is 0 Å². The van der Waals surface area contributed by atoms with Crippen LogP contribution in [0, 0.1) is 34.8 Å². The van der Waals surface area contributed by atoms with E-state index < -0.39 is 28.9 Å². The lowest BCUT2D eigenvalue weighted by Gasteiger charge is -2.12. The summed E-state index contributed by atoms with van der Waals surface area (Å²) in [6.45, 7) is 3.68. The molecule has 0 saturated carbocycles. The van der Waals surface area contributed by atoms with E-state index in [0.29, 0.717) is 0 Å². The molecular weight excluding hydrogens is 304 g/mol. The van der Waals surface area contributed by atoms with Crippen LogP contribution in [0.15, 0.2) is 16.6 Å². The van der Waals surface area contributed by atoms with Crippen molar-refractivity contribution in [2.24, 2.45) is 11.8 Å². The number of rotatable bonds is 4. The molecule has 0 radical (unpaired) electrons. The van der Waals surface area contributed by atoms with Crippen molar-refractivity contribution in [3.8, 4) is 6.07 Å². The zero-order valence-corrected chi connectivity index (χ0v) is 11.6. The molecule has 0 heterocycles. The monoisotopic (exact) mass is 315 g/mol. The summed E-state index contributed by atoms with van der Waals surface area (Å²) in [7, 11) is 0. The summed E-state index contributed by atoms with van der Waals surface area (Å²) in [5.41, 5.74) is -0.634. The molecule has 0 spiro atoms. The molecule has 0 aliphatic heterocycles. The predicted octanol–water partition coefficient (Wildman–Crippen LogP) is 4.10. The number of carbonyl (C=O) groups excluding carboxylic acids is 1. The van der Waals surface area contributed by atoms with E-state index in [1.165, 1.54) is 0 Å². The molecule has 1 unspecified atom stereocenters. The molecule has 1 atom stereocenters. The van der Waals surface area contributed by atoms with Crippen LogP contribution >= 0.6 is 15.9 Å². The molecule has 0 N–H and O–H groups in total. The van der Waals surface area contributed by atoms with Gasteiger partial charge in [0.1, 0.15) is 17.6 Å². The lowest BCUT2D eigenvalue weighted by Crippen LogP contribution is -2.18. The highest BCUT2D eigenvalue weighted by atomic mass is 79.9. The van der Waals surface area contributed by atoms with Crippen LogP contribution in [0.5, 0.6) is 0 Å². The Balaban J connectivity index is 3.14. The molecule has 1 aromatic rings. The van der Waals surface area contributed by atoms with E-state index in [1.807, 2.05) is 13.8 Å². The predicted molar refractivity (Wildman–Crippen MR) is 66.9 cm³/mol. The third-order valence-corrected chi connectivity index (χ3v) is 2.89. The van der Waals surface area contributed by atoms with Gasteiger partial charge in [-0.05, 0) is 24.5 Å². The van der Waals surface area contributed by atoms with Gasteiger partial charge in [-0.1, -0.05) is 29.8 Å². The highest BCUT2D eigenvalue weighted by molar-refractivity contribution is 9.10. The van der Waals surface area contributed by atoms with Crippen LogP contribution in [0.3, 0.4) is 0 Å². The van der Waals surface area contributed by atoms with Crippen LogP contribution in [-0.2, 0) is 0 Å². The molecule has 0 aliphatic rings. The molecule has 18 heavy (non-hydrogen) atoms. The maximum absolute atomic E-state index is 13.6. The first-order valence-corrected chi connectivity index (χ1v) is 6.24. The summed E-state index contributed by atoms with van der Waals surface area (Å²) < 4.78 is 27.4. The number of carbonyl (C=O) groups is 1. The normalized spacial score (nSPS) is 12.3. The second kappa shape index (κ2) is 6.05. The molecule has 5 heteroatoms. The molecule has 1 aromatic carbocycles. The topological polar surface area (TPSA) is 40.9 Å². The van der Waals surface area contributed by atoms with Gasteiger partial charge in [0, 0.05) is 4.47 Å². The molecule has 0 aromatic heterocycles. The molecule has 0 saturated heterocycles. The van der Waals surface area contributed by atoms with Gasteiger partial charge in [-0.3, -0.25) is 4.79 Å².